The molecule has 0 aliphatic heterocycles. The standard InChI is InChI=1S/C18H26N2O/c19-16-9-8-14(12-16)17(21)20-13-18(10-4-5-11-18)15-6-2-1-3-7-15/h1-3,6-7,14,16H,4-5,8-13,19H2,(H,20,21). The minimum Gasteiger partial charge on any atom is -0.355 e. The van der Waals surface area contributed by atoms with Crippen LogP contribution in [0, 0.1) is 5.92 Å². The lowest BCUT2D eigenvalue weighted by molar-refractivity contribution is -0.125. The van der Waals surface area contributed by atoms with Gasteiger partial charge in [-0.2, -0.15) is 0 Å². The Labute approximate surface area is 127 Å². The molecular formula is C18H26N2O. The first-order valence-electron chi connectivity index (χ1n) is 8.28. The minimum atomic E-state index is 0.134. The summed E-state index contributed by atoms with van der Waals surface area (Å²) in [5, 5.41) is 3.23. The van der Waals surface area contributed by atoms with Crippen LogP contribution in [0.4, 0.5) is 0 Å². The van der Waals surface area contributed by atoms with E-state index in [0.29, 0.717) is 0 Å². The van der Waals surface area contributed by atoms with Crippen molar-refractivity contribution in [2.45, 2.75) is 56.4 Å². The van der Waals surface area contributed by atoms with Crippen LogP contribution in [0.15, 0.2) is 30.3 Å². The van der Waals surface area contributed by atoms with E-state index in [2.05, 4.69) is 35.6 Å². The van der Waals surface area contributed by atoms with Crippen molar-refractivity contribution in [3.8, 4) is 0 Å². The number of hydrogen-bond donors (Lipinski definition) is 2. The Kier molecular flexibility index (Phi) is 4.29. The van der Waals surface area contributed by atoms with E-state index >= 15 is 0 Å². The van der Waals surface area contributed by atoms with Gasteiger partial charge in [0.05, 0.1) is 0 Å². The fraction of sp³-hybridized carbons (Fsp3) is 0.611. The fourth-order valence-electron chi connectivity index (χ4n) is 4.07. The molecule has 0 saturated heterocycles. The Morgan fingerprint density at radius 3 is 2.52 bits per heavy atom. The molecule has 2 fully saturated rings. The monoisotopic (exact) mass is 286 g/mol. The van der Waals surface area contributed by atoms with Gasteiger partial charge in [-0.25, -0.2) is 0 Å². The van der Waals surface area contributed by atoms with Crippen molar-refractivity contribution in [3.05, 3.63) is 35.9 Å². The van der Waals surface area contributed by atoms with Crippen molar-refractivity contribution < 1.29 is 4.79 Å². The molecule has 1 aromatic rings. The molecule has 3 heteroatoms. The molecule has 0 spiro atoms. The third-order valence-electron chi connectivity index (χ3n) is 5.39. The first kappa shape index (κ1) is 14.6. The van der Waals surface area contributed by atoms with Crippen molar-refractivity contribution in [2.24, 2.45) is 11.7 Å². The number of carbonyl (C=O) groups is 1. The number of carbonyl (C=O) groups excluding carboxylic acids is 1. The first-order valence-corrected chi connectivity index (χ1v) is 8.28. The van der Waals surface area contributed by atoms with Crippen LogP contribution in [0.5, 0.6) is 0 Å². The summed E-state index contributed by atoms with van der Waals surface area (Å²) < 4.78 is 0. The quantitative estimate of drug-likeness (QED) is 0.894. The zero-order valence-corrected chi connectivity index (χ0v) is 12.7. The number of amides is 1. The van der Waals surface area contributed by atoms with Crippen molar-refractivity contribution >= 4 is 5.91 Å². The summed E-state index contributed by atoms with van der Waals surface area (Å²) >= 11 is 0. The molecular weight excluding hydrogens is 260 g/mol. The molecule has 1 aromatic carbocycles. The van der Waals surface area contributed by atoms with Crippen LogP contribution in [0.25, 0.3) is 0 Å². The van der Waals surface area contributed by atoms with Gasteiger partial charge in [0.1, 0.15) is 0 Å². The van der Waals surface area contributed by atoms with Gasteiger partial charge >= 0.3 is 0 Å². The Morgan fingerprint density at radius 1 is 1.19 bits per heavy atom. The molecule has 0 bridgehead atoms. The van der Waals surface area contributed by atoms with Crippen molar-refractivity contribution in [3.63, 3.8) is 0 Å². The van der Waals surface area contributed by atoms with E-state index in [9.17, 15) is 4.79 Å². The van der Waals surface area contributed by atoms with E-state index in [4.69, 9.17) is 5.73 Å². The topological polar surface area (TPSA) is 55.1 Å². The van der Waals surface area contributed by atoms with E-state index in [1.807, 2.05) is 0 Å². The predicted molar refractivity (Wildman–Crippen MR) is 84.9 cm³/mol. The van der Waals surface area contributed by atoms with Crippen LogP contribution in [0.3, 0.4) is 0 Å². The van der Waals surface area contributed by atoms with Gasteiger partial charge < -0.3 is 11.1 Å². The average molecular weight is 286 g/mol. The molecule has 2 aliphatic rings. The first-order chi connectivity index (χ1) is 10.2. The summed E-state index contributed by atoms with van der Waals surface area (Å²) in [7, 11) is 0. The van der Waals surface area contributed by atoms with Crippen LogP contribution < -0.4 is 11.1 Å². The van der Waals surface area contributed by atoms with Gasteiger partial charge in [0.25, 0.3) is 0 Å². The second-order valence-electron chi connectivity index (χ2n) is 6.84. The summed E-state index contributed by atoms with van der Waals surface area (Å²) in [5.41, 5.74) is 7.45. The number of hydrogen-bond acceptors (Lipinski definition) is 2. The van der Waals surface area contributed by atoms with E-state index in [0.717, 1.165) is 25.8 Å². The molecule has 3 nitrogen and oxygen atoms in total. The molecule has 3 rings (SSSR count). The Bertz CT molecular complexity index is 479. The van der Waals surface area contributed by atoms with Gasteiger partial charge in [0.15, 0.2) is 0 Å². The van der Waals surface area contributed by atoms with Crippen LogP contribution in [-0.2, 0) is 10.2 Å². The molecule has 3 N–H and O–H groups in total. The number of rotatable bonds is 4. The summed E-state index contributed by atoms with van der Waals surface area (Å²) in [6, 6.07) is 10.9. The fourth-order valence-corrected chi connectivity index (χ4v) is 4.07. The Hall–Kier alpha value is -1.35. The lowest BCUT2D eigenvalue weighted by Gasteiger charge is -2.30. The predicted octanol–water partition coefficient (Wildman–Crippen LogP) is 2.74. The van der Waals surface area contributed by atoms with Crippen LogP contribution in [-0.4, -0.2) is 18.5 Å². The summed E-state index contributed by atoms with van der Waals surface area (Å²) in [5.74, 6) is 0.347. The number of nitrogens with one attached hydrogen (secondary N) is 1. The molecule has 2 atom stereocenters. The molecule has 2 unspecified atom stereocenters. The lowest BCUT2D eigenvalue weighted by atomic mass is 9.78. The van der Waals surface area contributed by atoms with Crippen molar-refractivity contribution in [1.29, 1.82) is 0 Å². The van der Waals surface area contributed by atoms with E-state index in [1.165, 1.54) is 31.2 Å². The normalized spacial score (nSPS) is 27.7. The third-order valence-corrected chi connectivity index (χ3v) is 5.39. The molecule has 0 heterocycles. The second kappa shape index (κ2) is 6.18. The lowest BCUT2D eigenvalue weighted by Crippen LogP contribution is -2.41. The molecule has 114 valence electrons. The highest BCUT2D eigenvalue weighted by Gasteiger charge is 2.37. The molecule has 1 amide bonds. The van der Waals surface area contributed by atoms with Crippen molar-refractivity contribution in [1.82, 2.24) is 5.32 Å². The zero-order valence-electron chi connectivity index (χ0n) is 12.7. The summed E-state index contributed by atoms with van der Waals surface area (Å²) in [4.78, 5) is 12.4. The molecule has 0 radical (unpaired) electrons. The van der Waals surface area contributed by atoms with Gasteiger partial charge in [-0.05, 0) is 37.7 Å². The smallest absolute Gasteiger partial charge is 0.223 e. The molecule has 21 heavy (non-hydrogen) atoms. The molecule has 0 aromatic heterocycles. The maximum absolute atomic E-state index is 12.4. The van der Waals surface area contributed by atoms with Crippen LogP contribution in [0.1, 0.15) is 50.5 Å². The highest BCUT2D eigenvalue weighted by atomic mass is 16.1. The van der Waals surface area contributed by atoms with E-state index < -0.39 is 0 Å². The minimum absolute atomic E-state index is 0.134. The maximum Gasteiger partial charge on any atom is 0.223 e. The van der Waals surface area contributed by atoms with E-state index in [-0.39, 0.29) is 23.3 Å². The zero-order chi connectivity index (χ0) is 14.7. The summed E-state index contributed by atoms with van der Waals surface area (Å²) in [6.45, 7) is 0.779. The molecule has 2 saturated carbocycles. The SMILES string of the molecule is NC1CCC(C(=O)NCC2(c3ccccc3)CCCC2)C1. The van der Waals surface area contributed by atoms with Crippen LogP contribution >= 0.6 is 0 Å². The van der Waals surface area contributed by atoms with Gasteiger partial charge in [0, 0.05) is 23.9 Å². The number of nitrogens with two attached hydrogens (primary N) is 1. The average Bonchev–Trinajstić information content (AvgIpc) is 3.16. The third kappa shape index (κ3) is 3.13. The number of benzene rings is 1. The maximum atomic E-state index is 12.4. The highest BCUT2D eigenvalue weighted by molar-refractivity contribution is 5.79. The van der Waals surface area contributed by atoms with Gasteiger partial charge in [-0.1, -0.05) is 43.2 Å². The van der Waals surface area contributed by atoms with Gasteiger partial charge in [-0.15, -0.1) is 0 Å². The second-order valence-corrected chi connectivity index (χ2v) is 6.84. The van der Waals surface area contributed by atoms with Crippen molar-refractivity contribution in [2.75, 3.05) is 6.54 Å². The Balaban J connectivity index is 1.65. The van der Waals surface area contributed by atoms with Gasteiger partial charge in [-0.3, -0.25) is 4.79 Å². The largest absolute Gasteiger partial charge is 0.355 e. The highest BCUT2D eigenvalue weighted by Crippen LogP contribution is 2.40. The van der Waals surface area contributed by atoms with Gasteiger partial charge in [0.2, 0.25) is 5.91 Å². The Morgan fingerprint density at radius 2 is 1.90 bits per heavy atom. The van der Waals surface area contributed by atoms with Crippen LogP contribution in [0.2, 0.25) is 0 Å². The van der Waals surface area contributed by atoms with E-state index in [1.54, 1.807) is 0 Å². The molecule has 2 aliphatic carbocycles. The summed E-state index contributed by atoms with van der Waals surface area (Å²) in [6.07, 6.45) is 7.68.